The van der Waals surface area contributed by atoms with Crippen molar-refractivity contribution in [2.24, 2.45) is 5.92 Å². The third-order valence-electron chi connectivity index (χ3n) is 2.58. The zero-order chi connectivity index (χ0) is 16.4. The molecule has 0 fully saturated rings. The van der Waals surface area contributed by atoms with Gasteiger partial charge in [-0.2, -0.15) is 46.5 Å². The van der Waals surface area contributed by atoms with Crippen molar-refractivity contribution in [3.8, 4) is 30.6 Å². The monoisotopic (exact) mass is 312 g/mol. The summed E-state index contributed by atoms with van der Waals surface area (Å²) in [6.45, 7) is 0. The van der Waals surface area contributed by atoms with E-state index in [0.29, 0.717) is 5.01 Å². The summed E-state index contributed by atoms with van der Waals surface area (Å²) >= 11 is 0. The Morgan fingerprint density at radius 3 is 1.78 bits per heavy atom. The second-order valence-corrected chi connectivity index (χ2v) is 3.71. The first-order chi connectivity index (χ1) is 10.7. The van der Waals surface area contributed by atoms with E-state index >= 15 is 0 Å². The van der Waals surface area contributed by atoms with Crippen LogP contribution in [0.2, 0.25) is 0 Å². The van der Waals surface area contributed by atoms with E-state index in [9.17, 15) is 0 Å². The molecule has 0 saturated carbocycles. The summed E-state index contributed by atoms with van der Waals surface area (Å²) in [5, 5.41) is 52.7. The first-order valence-electron chi connectivity index (χ1n) is 5.71. The summed E-state index contributed by atoms with van der Waals surface area (Å²) in [6.07, 6.45) is 8.85. The van der Waals surface area contributed by atoms with E-state index in [4.69, 9.17) is 26.3 Å². The molecule has 9 nitrogen and oxygen atoms in total. The first-order valence-corrected chi connectivity index (χ1v) is 5.71. The van der Waals surface area contributed by atoms with E-state index in [1.54, 1.807) is 43.0 Å². The molecule has 1 radical (unpaired) electrons. The standard InChI is InChI=1S/C9H3N7.C4H4N2.Na/c10-3-8-1-2-15(6-13)16(7-14)9(8,4-11)5-12;1-2-4-6-5-3-1;/h1-2,8H;1-4H;. The molecular weight excluding hydrogens is 305 g/mol. The van der Waals surface area contributed by atoms with Crippen molar-refractivity contribution in [2.75, 3.05) is 0 Å². The number of hydrogen-bond acceptors (Lipinski definition) is 9. The molecule has 0 bridgehead atoms. The zero-order valence-corrected chi connectivity index (χ0v) is 14.1. The Labute approximate surface area is 154 Å². The quantitative estimate of drug-likeness (QED) is 0.476. The number of aromatic nitrogens is 2. The van der Waals surface area contributed by atoms with Crippen LogP contribution in [0.25, 0.3) is 0 Å². The van der Waals surface area contributed by atoms with E-state index < -0.39 is 11.5 Å². The second kappa shape index (κ2) is 9.74. The maximum Gasteiger partial charge on any atom is 0.262 e. The topological polar surface area (TPSA) is 151 Å². The van der Waals surface area contributed by atoms with Gasteiger partial charge in [0.1, 0.15) is 18.1 Å². The van der Waals surface area contributed by atoms with Gasteiger partial charge in [-0.3, -0.25) is 0 Å². The van der Waals surface area contributed by atoms with Gasteiger partial charge in [-0.05, 0) is 18.2 Å². The van der Waals surface area contributed by atoms with Gasteiger partial charge in [0.25, 0.3) is 5.54 Å². The van der Waals surface area contributed by atoms with Crippen LogP contribution in [0, 0.1) is 62.8 Å². The molecule has 1 aliphatic rings. The molecule has 1 atom stereocenters. The molecule has 105 valence electrons. The molecule has 0 aliphatic carbocycles. The van der Waals surface area contributed by atoms with E-state index in [-0.39, 0.29) is 29.6 Å². The Morgan fingerprint density at radius 1 is 0.913 bits per heavy atom. The summed E-state index contributed by atoms with van der Waals surface area (Å²) in [4.78, 5) is 0. The van der Waals surface area contributed by atoms with E-state index in [0.717, 1.165) is 5.01 Å². The van der Waals surface area contributed by atoms with Gasteiger partial charge in [-0.15, -0.1) is 0 Å². The molecule has 0 spiro atoms. The van der Waals surface area contributed by atoms with Crippen LogP contribution in [-0.4, -0.2) is 55.3 Å². The molecule has 2 rings (SSSR count). The average molecular weight is 312 g/mol. The van der Waals surface area contributed by atoms with Crippen LogP contribution >= 0.6 is 0 Å². The Balaban J connectivity index is 0.000000581. The van der Waals surface area contributed by atoms with Gasteiger partial charge in [0.15, 0.2) is 0 Å². The molecule has 23 heavy (non-hydrogen) atoms. The predicted molar refractivity (Wildman–Crippen MR) is 74.9 cm³/mol. The van der Waals surface area contributed by atoms with Crippen LogP contribution in [-0.2, 0) is 0 Å². The van der Waals surface area contributed by atoms with E-state index in [2.05, 4.69) is 10.2 Å². The van der Waals surface area contributed by atoms with Crippen LogP contribution < -0.4 is 0 Å². The molecule has 0 amide bonds. The Hall–Kier alpha value is -3.13. The van der Waals surface area contributed by atoms with Crippen molar-refractivity contribution in [2.45, 2.75) is 5.54 Å². The largest absolute Gasteiger partial charge is 0.262 e. The maximum atomic E-state index is 8.97. The van der Waals surface area contributed by atoms with Gasteiger partial charge in [0, 0.05) is 48.2 Å². The Morgan fingerprint density at radius 2 is 1.48 bits per heavy atom. The number of nitrogens with zero attached hydrogens (tertiary/aromatic N) is 9. The summed E-state index contributed by atoms with van der Waals surface area (Å²) in [5.41, 5.74) is -1.99. The molecule has 1 aliphatic heterocycles. The van der Waals surface area contributed by atoms with Gasteiger partial charge >= 0.3 is 0 Å². The summed E-state index contributed by atoms with van der Waals surface area (Å²) < 4.78 is 0. The maximum absolute atomic E-state index is 8.97. The van der Waals surface area contributed by atoms with Crippen molar-refractivity contribution < 1.29 is 0 Å². The van der Waals surface area contributed by atoms with Crippen LogP contribution in [0.1, 0.15) is 0 Å². The van der Waals surface area contributed by atoms with Gasteiger partial charge in [0.05, 0.1) is 6.07 Å². The minimum Gasteiger partial charge on any atom is -0.198 e. The second-order valence-electron chi connectivity index (χ2n) is 3.71. The zero-order valence-electron chi connectivity index (χ0n) is 12.1. The Kier molecular flexibility index (Phi) is 8.42. The third-order valence-corrected chi connectivity index (χ3v) is 2.58. The van der Waals surface area contributed by atoms with Gasteiger partial charge < -0.3 is 0 Å². The van der Waals surface area contributed by atoms with Crippen molar-refractivity contribution in [1.29, 1.82) is 26.3 Å². The molecule has 0 saturated heterocycles. The van der Waals surface area contributed by atoms with E-state index in [1.165, 1.54) is 12.3 Å². The third kappa shape index (κ3) is 4.17. The fraction of sp³-hybridized carbons (Fsp3) is 0.154. The van der Waals surface area contributed by atoms with Crippen LogP contribution in [0.15, 0.2) is 36.8 Å². The molecule has 1 aromatic heterocycles. The van der Waals surface area contributed by atoms with Crippen molar-refractivity contribution in [1.82, 2.24) is 20.2 Å². The fourth-order valence-electron chi connectivity index (χ4n) is 1.53. The average Bonchev–Trinajstić information content (AvgIpc) is 2.61. The van der Waals surface area contributed by atoms with Crippen molar-refractivity contribution in [3.05, 3.63) is 36.8 Å². The van der Waals surface area contributed by atoms with E-state index in [1.807, 2.05) is 12.1 Å². The molecule has 10 heteroatoms. The number of rotatable bonds is 0. The normalized spacial score (nSPS) is 16.6. The Bertz CT molecular complexity index is 701. The van der Waals surface area contributed by atoms with Crippen molar-refractivity contribution in [3.63, 3.8) is 0 Å². The fourth-order valence-corrected chi connectivity index (χ4v) is 1.53. The number of hydrogen-bond donors (Lipinski definition) is 0. The molecular formula is C13H7N9Na. The molecule has 0 N–H and O–H groups in total. The summed E-state index contributed by atoms with van der Waals surface area (Å²) in [6, 6.07) is 8.62. The minimum atomic E-state index is -1.99. The molecule has 1 unspecified atom stereocenters. The number of nitriles is 5. The predicted octanol–water partition coefficient (Wildman–Crippen LogP) is 0.0164. The van der Waals surface area contributed by atoms with Crippen molar-refractivity contribution >= 4 is 29.6 Å². The molecule has 1 aromatic rings. The first kappa shape index (κ1) is 19.9. The van der Waals surface area contributed by atoms with Crippen LogP contribution in [0.4, 0.5) is 0 Å². The van der Waals surface area contributed by atoms with Gasteiger partial charge in [0.2, 0.25) is 12.4 Å². The van der Waals surface area contributed by atoms with Crippen LogP contribution in [0.5, 0.6) is 0 Å². The molecule has 0 aromatic carbocycles. The van der Waals surface area contributed by atoms with Crippen LogP contribution in [0.3, 0.4) is 0 Å². The minimum absolute atomic E-state index is 0. The number of hydrazine groups is 1. The van der Waals surface area contributed by atoms with Gasteiger partial charge in [-0.1, -0.05) is 0 Å². The summed E-state index contributed by atoms with van der Waals surface area (Å²) in [5.74, 6) is -1.09. The summed E-state index contributed by atoms with van der Waals surface area (Å²) in [7, 11) is 0. The van der Waals surface area contributed by atoms with Gasteiger partial charge in [-0.25, -0.2) is 0 Å². The smallest absolute Gasteiger partial charge is 0.198 e. The molecule has 2 heterocycles. The SMILES string of the molecule is N#CC1C=CN(C#N)N(C#N)C1(C#N)C#N.[Na].c1ccnnc1.